The van der Waals surface area contributed by atoms with Gasteiger partial charge in [0.05, 0.1) is 17.1 Å². The highest BCUT2D eigenvalue weighted by Crippen LogP contribution is 2.37. The standard InChI is InChI=1S/C29H19ClF7N5O5S/c30-18-5-10-23(46-14-28(32,33)34)22(11-18)42-24(43)13-48-26(42)39-27(44)45-12-21(31)16-1-3-17(4-2-16)25-38-15-41(40-25)19-6-8-20(9-7-19)47-29(35,36)37/h1-11,15,21H,12-14H2/b39-26-. The van der Waals surface area contributed by atoms with Gasteiger partial charge in [0, 0.05) is 10.6 Å². The zero-order chi connectivity index (χ0) is 34.6. The maximum absolute atomic E-state index is 15.0. The average Bonchev–Trinajstić information content (AvgIpc) is 3.65. The Morgan fingerprint density at radius 1 is 1.02 bits per heavy atom. The van der Waals surface area contributed by atoms with Gasteiger partial charge in [-0.15, -0.1) is 18.3 Å². The van der Waals surface area contributed by atoms with E-state index in [1.807, 2.05) is 0 Å². The lowest BCUT2D eigenvalue weighted by Crippen LogP contribution is -2.31. The molecule has 0 N–H and O–H groups in total. The van der Waals surface area contributed by atoms with Crippen molar-refractivity contribution >= 4 is 46.2 Å². The lowest BCUT2D eigenvalue weighted by molar-refractivity contribution is -0.274. The van der Waals surface area contributed by atoms with E-state index in [4.69, 9.17) is 21.1 Å². The van der Waals surface area contributed by atoms with Crippen molar-refractivity contribution in [2.24, 2.45) is 4.99 Å². The van der Waals surface area contributed by atoms with E-state index in [9.17, 15) is 40.3 Å². The number of amides is 2. The summed E-state index contributed by atoms with van der Waals surface area (Å²) >= 11 is 6.79. The Balaban J connectivity index is 1.20. The minimum Gasteiger partial charge on any atom is -0.482 e. The van der Waals surface area contributed by atoms with E-state index in [-0.39, 0.29) is 38.8 Å². The van der Waals surface area contributed by atoms with E-state index < -0.39 is 49.7 Å². The number of hydrogen-bond acceptors (Lipinski definition) is 8. The number of thioether (sulfide) groups is 1. The Bertz CT molecular complexity index is 1820. The first kappa shape index (κ1) is 34.5. The van der Waals surface area contributed by atoms with Gasteiger partial charge in [0.2, 0.25) is 5.91 Å². The molecule has 252 valence electrons. The predicted octanol–water partition coefficient (Wildman–Crippen LogP) is 7.71. The summed E-state index contributed by atoms with van der Waals surface area (Å²) in [5, 5.41) is 4.11. The zero-order valence-electron chi connectivity index (χ0n) is 23.8. The monoisotopic (exact) mass is 717 g/mol. The average molecular weight is 718 g/mol. The van der Waals surface area contributed by atoms with E-state index in [0.717, 1.165) is 34.9 Å². The molecule has 0 aliphatic carbocycles. The summed E-state index contributed by atoms with van der Waals surface area (Å²) in [5.41, 5.74) is 0.828. The predicted molar refractivity (Wildman–Crippen MR) is 159 cm³/mol. The van der Waals surface area contributed by atoms with Crippen molar-refractivity contribution in [2.75, 3.05) is 23.9 Å². The number of aromatic nitrogens is 3. The highest BCUT2D eigenvalue weighted by atomic mass is 35.5. The minimum atomic E-state index is -4.83. The summed E-state index contributed by atoms with van der Waals surface area (Å²) in [5.74, 6) is -1.33. The number of hydrogen-bond donors (Lipinski definition) is 0. The van der Waals surface area contributed by atoms with Crippen molar-refractivity contribution in [1.29, 1.82) is 0 Å². The molecule has 48 heavy (non-hydrogen) atoms. The van der Waals surface area contributed by atoms with E-state index in [1.165, 1.54) is 59.5 Å². The van der Waals surface area contributed by atoms with Gasteiger partial charge in [0.25, 0.3) is 0 Å². The Hall–Kier alpha value is -4.84. The number of halogens is 8. The van der Waals surface area contributed by atoms with Crippen molar-refractivity contribution in [3.05, 3.63) is 83.6 Å². The summed E-state index contributed by atoms with van der Waals surface area (Å²) in [4.78, 5) is 33.8. The Morgan fingerprint density at radius 3 is 2.40 bits per heavy atom. The summed E-state index contributed by atoms with van der Waals surface area (Å²) in [6, 6.07) is 14.3. The molecule has 1 aromatic heterocycles. The third kappa shape index (κ3) is 8.94. The molecule has 1 atom stereocenters. The van der Waals surface area contributed by atoms with Crippen molar-refractivity contribution < 1.29 is 54.5 Å². The lowest BCUT2D eigenvalue weighted by Gasteiger charge is -2.20. The van der Waals surface area contributed by atoms with Crippen LogP contribution in [-0.2, 0) is 9.53 Å². The van der Waals surface area contributed by atoms with Crippen LogP contribution in [0, 0.1) is 0 Å². The fourth-order valence-corrected chi connectivity index (χ4v) is 5.16. The van der Waals surface area contributed by atoms with Crippen LogP contribution in [0.15, 0.2) is 78.0 Å². The van der Waals surface area contributed by atoms with Crippen LogP contribution in [-0.4, -0.2) is 63.4 Å². The Kier molecular flexibility index (Phi) is 10.1. The molecule has 1 saturated heterocycles. The summed E-state index contributed by atoms with van der Waals surface area (Å²) in [6.07, 6.45) is -11.2. The number of benzene rings is 3. The smallest absolute Gasteiger partial charge is 0.482 e. The van der Waals surface area contributed by atoms with Crippen LogP contribution in [0.4, 0.5) is 41.2 Å². The summed E-state index contributed by atoms with van der Waals surface area (Å²) in [6.45, 7) is -2.41. The van der Waals surface area contributed by atoms with E-state index in [2.05, 4.69) is 19.8 Å². The van der Waals surface area contributed by atoms with Crippen molar-refractivity contribution in [1.82, 2.24) is 14.8 Å². The number of carbonyl (C=O) groups excluding carboxylic acids is 2. The first-order chi connectivity index (χ1) is 22.6. The van der Waals surface area contributed by atoms with Crippen LogP contribution in [0.5, 0.6) is 11.5 Å². The molecule has 0 bridgehead atoms. The van der Waals surface area contributed by atoms with Crippen LogP contribution in [0.2, 0.25) is 5.02 Å². The maximum Gasteiger partial charge on any atom is 0.573 e. The third-order valence-corrected chi connectivity index (χ3v) is 7.37. The van der Waals surface area contributed by atoms with E-state index >= 15 is 0 Å². The van der Waals surface area contributed by atoms with Gasteiger partial charge >= 0.3 is 18.6 Å². The van der Waals surface area contributed by atoms with Gasteiger partial charge in [0.1, 0.15) is 24.4 Å². The van der Waals surface area contributed by atoms with E-state index in [1.54, 1.807) is 0 Å². The molecule has 4 aromatic rings. The maximum atomic E-state index is 15.0. The first-order valence-electron chi connectivity index (χ1n) is 13.4. The molecule has 2 amide bonds. The Morgan fingerprint density at radius 2 is 1.73 bits per heavy atom. The molecule has 0 radical (unpaired) electrons. The number of alkyl halides is 7. The summed E-state index contributed by atoms with van der Waals surface area (Å²) in [7, 11) is 0. The topological polar surface area (TPSA) is 108 Å². The normalized spacial score (nSPS) is 15.1. The highest BCUT2D eigenvalue weighted by Gasteiger charge is 2.35. The number of rotatable bonds is 9. The van der Waals surface area contributed by atoms with Crippen molar-refractivity contribution in [2.45, 2.75) is 18.7 Å². The number of ether oxygens (including phenoxy) is 3. The van der Waals surface area contributed by atoms with E-state index in [0.29, 0.717) is 11.3 Å². The van der Waals surface area contributed by atoms with Crippen LogP contribution in [0.25, 0.3) is 17.1 Å². The number of carbonyl (C=O) groups is 2. The molecular formula is C29H19ClF7N5O5S. The number of aliphatic imine (C=N–C) groups is 1. The van der Waals surface area contributed by atoms with Crippen LogP contribution in [0.3, 0.4) is 0 Å². The molecule has 5 rings (SSSR count). The van der Waals surface area contributed by atoms with Crippen molar-refractivity contribution in [3.63, 3.8) is 0 Å². The molecule has 1 fully saturated rings. The fraction of sp³-hybridized carbons (Fsp3) is 0.207. The van der Waals surface area contributed by atoms with Gasteiger partial charge in [-0.1, -0.05) is 47.6 Å². The van der Waals surface area contributed by atoms with Gasteiger partial charge in [-0.25, -0.2) is 18.9 Å². The molecule has 0 spiro atoms. The molecule has 0 saturated carbocycles. The lowest BCUT2D eigenvalue weighted by atomic mass is 10.1. The third-order valence-electron chi connectivity index (χ3n) is 6.22. The molecule has 1 unspecified atom stereocenters. The summed E-state index contributed by atoms with van der Waals surface area (Å²) < 4.78 is 105. The molecule has 1 aliphatic heterocycles. The first-order valence-corrected chi connectivity index (χ1v) is 14.7. The van der Waals surface area contributed by atoms with Crippen LogP contribution in [0.1, 0.15) is 11.7 Å². The molecule has 3 aromatic carbocycles. The zero-order valence-corrected chi connectivity index (χ0v) is 25.4. The number of amidine groups is 1. The second-order valence-corrected chi connectivity index (χ2v) is 11.0. The molecule has 2 heterocycles. The number of anilines is 1. The van der Waals surface area contributed by atoms with Crippen molar-refractivity contribution in [3.8, 4) is 28.6 Å². The SMILES string of the molecule is O=C(/N=C1\SCC(=O)N1c1cc(Cl)ccc1OCC(F)(F)F)OCC(F)c1ccc(-c2ncn(-c3ccc(OC(F)(F)F)cc3)n2)cc1. The fourth-order valence-electron chi connectivity index (χ4n) is 4.14. The molecular weight excluding hydrogens is 699 g/mol. The molecule has 10 nitrogen and oxygen atoms in total. The highest BCUT2D eigenvalue weighted by molar-refractivity contribution is 8.15. The largest absolute Gasteiger partial charge is 0.573 e. The number of nitrogens with zero attached hydrogens (tertiary/aromatic N) is 5. The van der Waals surface area contributed by atoms with Gasteiger partial charge in [-0.05, 0) is 48.0 Å². The van der Waals surface area contributed by atoms with Gasteiger partial charge in [0.15, 0.2) is 23.8 Å². The quantitative estimate of drug-likeness (QED) is 0.162. The van der Waals surface area contributed by atoms with Crippen LogP contribution >= 0.6 is 23.4 Å². The minimum absolute atomic E-state index is 0.0690. The van der Waals surface area contributed by atoms with Gasteiger partial charge < -0.3 is 14.2 Å². The van der Waals surface area contributed by atoms with Gasteiger partial charge in [-0.3, -0.25) is 9.69 Å². The van der Waals surface area contributed by atoms with Crippen LogP contribution < -0.4 is 14.4 Å². The second kappa shape index (κ2) is 14.1. The molecule has 19 heteroatoms. The Labute approximate surface area is 275 Å². The second-order valence-electron chi connectivity index (χ2n) is 9.65. The van der Waals surface area contributed by atoms with Gasteiger partial charge in [-0.2, -0.15) is 18.2 Å². The molecule has 1 aliphatic rings.